The van der Waals surface area contributed by atoms with Crippen LogP contribution in [0.5, 0.6) is 0 Å². The molecule has 0 heterocycles. The Labute approximate surface area is 124 Å². The highest BCUT2D eigenvalue weighted by Gasteiger charge is 2.30. The van der Waals surface area contributed by atoms with Crippen molar-refractivity contribution in [2.24, 2.45) is 0 Å². The van der Waals surface area contributed by atoms with E-state index in [9.17, 15) is 0 Å². The molecule has 0 bridgehead atoms. The Morgan fingerprint density at radius 3 is 1.55 bits per heavy atom. The number of rotatable bonds is 3. The average Bonchev–Trinajstić information content (AvgIpc) is 2.97. The van der Waals surface area contributed by atoms with E-state index in [4.69, 9.17) is 0 Å². The van der Waals surface area contributed by atoms with Crippen molar-refractivity contribution in [1.29, 1.82) is 0 Å². The van der Waals surface area contributed by atoms with E-state index in [1.165, 1.54) is 27.4 Å². The molecule has 0 aliphatic heterocycles. The maximum Gasteiger partial charge on any atom is 0.0161 e. The van der Waals surface area contributed by atoms with Gasteiger partial charge in [0, 0.05) is 5.66 Å². The lowest BCUT2D eigenvalue weighted by Gasteiger charge is -2.27. The molecular formula is C19H18P. The van der Waals surface area contributed by atoms with E-state index in [1.54, 1.807) is 0 Å². The van der Waals surface area contributed by atoms with Crippen LogP contribution >= 0.6 is 7.92 Å². The number of benzene rings is 2. The second-order valence-electron chi connectivity index (χ2n) is 5.05. The van der Waals surface area contributed by atoms with Crippen LogP contribution in [0.1, 0.15) is 11.1 Å². The Morgan fingerprint density at radius 1 is 0.650 bits per heavy atom. The molecule has 3 rings (SSSR count). The molecule has 20 heavy (non-hydrogen) atoms. The molecule has 1 aliphatic rings. The maximum atomic E-state index is 2.28. The fraction of sp³-hybridized carbons (Fsp3) is 0.105. The Kier molecular flexibility index (Phi) is 4.22. The molecule has 5 radical (unpaired) electrons. The molecule has 1 fully saturated rings. The Balaban J connectivity index is 2.09. The third-order valence-electron chi connectivity index (χ3n) is 3.62. The summed E-state index contributed by atoms with van der Waals surface area (Å²) in [7, 11) is -0.451. The fourth-order valence-corrected chi connectivity index (χ4v) is 5.16. The summed E-state index contributed by atoms with van der Waals surface area (Å²) >= 11 is 0. The van der Waals surface area contributed by atoms with Gasteiger partial charge in [0.15, 0.2) is 0 Å². The largest absolute Gasteiger partial charge is 0.0620 e. The summed E-state index contributed by atoms with van der Waals surface area (Å²) in [6, 6.07) is 17.5. The Hall–Kier alpha value is -1.13. The molecule has 2 aromatic rings. The minimum Gasteiger partial charge on any atom is -0.0620 e. The standard InChI is InChI=1S/C19H18P/c1-15-9-3-7-13-18(15)20(17-11-5-6-12-17)19-14-8-4-10-16(19)2/h3-14H,1-2H3. The first-order chi connectivity index (χ1) is 9.77. The van der Waals surface area contributed by atoms with Crippen LogP contribution in [0.25, 0.3) is 0 Å². The van der Waals surface area contributed by atoms with Crippen molar-refractivity contribution in [1.82, 2.24) is 0 Å². The van der Waals surface area contributed by atoms with Crippen molar-refractivity contribution in [2.45, 2.75) is 13.8 Å². The van der Waals surface area contributed by atoms with Gasteiger partial charge in [-0.15, -0.1) is 0 Å². The first-order valence-corrected chi connectivity index (χ1v) is 8.24. The Bertz CT molecular complexity index is 536. The van der Waals surface area contributed by atoms with Gasteiger partial charge >= 0.3 is 0 Å². The van der Waals surface area contributed by atoms with Crippen molar-refractivity contribution in [3.8, 4) is 0 Å². The first kappa shape index (κ1) is 13.8. The van der Waals surface area contributed by atoms with E-state index in [0.29, 0.717) is 0 Å². The third-order valence-corrected chi connectivity index (χ3v) is 6.40. The minimum absolute atomic E-state index is 0.451. The molecule has 99 valence electrons. The van der Waals surface area contributed by atoms with E-state index in [-0.39, 0.29) is 0 Å². The first-order valence-electron chi connectivity index (χ1n) is 6.90. The quantitative estimate of drug-likeness (QED) is 0.741. The lowest BCUT2D eigenvalue weighted by molar-refractivity contribution is 1.47. The second-order valence-corrected chi connectivity index (χ2v) is 7.20. The molecule has 0 saturated heterocycles. The molecule has 0 aromatic heterocycles. The highest BCUT2D eigenvalue weighted by atomic mass is 31.1. The zero-order valence-electron chi connectivity index (χ0n) is 11.9. The van der Waals surface area contributed by atoms with Crippen LogP contribution in [-0.2, 0) is 0 Å². The van der Waals surface area contributed by atoms with Crippen LogP contribution in [0.15, 0.2) is 48.5 Å². The number of hydrogen-bond donors (Lipinski definition) is 0. The lowest BCUT2D eigenvalue weighted by atomic mass is 10.2. The summed E-state index contributed by atoms with van der Waals surface area (Å²) < 4.78 is 0. The highest BCUT2D eigenvalue weighted by Crippen LogP contribution is 2.52. The summed E-state index contributed by atoms with van der Waals surface area (Å²) in [5.74, 6) is 0. The minimum atomic E-state index is -0.451. The zero-order valence-corrected chi connectivity index (χ0v) is 12.8. The van der Waals surface area contributed by atoms with Crippen LogP contribution in [0.4, 0.5) is 0 Å². The average molecular weight is 277 g/mol. The van der Waals surface area contributed by atoms with Gasteiger partial charge in [-0.3, -0.25) is 0 Å². The van der Waals surface area contributed by atoms with Gasteiger partial charge in [0.2, 0.25) is 0 Å². The third kappa shape index (κ3) is 2.67. The molecule has 0 amide bonds. The number of hydrogen-bond acceptors (Lipinski definition) is 0. The zero-order chi connectivity index (χ0) is 13.9. The van der Waals surface area contributed by atoms with E-state index in [0.717, 1.165) is 0 Å². The van der Waals surface area contributed by atoms with E-state index in [2.05, 4.69) is 88.1 Å². The summed E-state index contributed by atoms with van der Waals surface area (Å²) in [6.45, 7) is 4.43. The highest BCUT2D eigenvalue weighted by molar-refractivity contribution is 7.76. The number of aryl methyl sites for hydroxylation is 2. The topological polar surface area (TPSA) is 0 Å². The molecule has 0 N–H and O–H groups in total. The lowest BCUT2D eigenvalue weighted by Crippen LogP contribution is -2.20. The van der Waals surface area contributed by atoms with Gasteiger partial charge < -0.3 is 0 Å². The summed E-state index contributed by atoms with van der Waals surface area (Å²) in [6.07, 6.45) is 8.79. The van der Waals surface area contributed by atoms with E-state index in [1.807, 2.05) is 0 Å². The van der Waals surface area contributed by atoms with Crippen LogP contribution in [0, 0.1) is 45.2 Å². The second kappa shape index (κ2) is 6.10. The van der Waals surface area contributed by atoms with Crippen LogP contribution in [-0.4, -0.2) is 0 Å². The predicted molar refractivity (Wildman–Crippen MR) is 89.0 cm³/mol. The SMILES string of the molecule is Cc1ccccc1P([C]1[CH][CH][CH][CH]1)c1ccccc1C. The van der Waals surface area contributed by atoms with Crippen LogP contribution < -0.4 is 10.6 Å². The molecule has 2 aromatic carbocycles. The van der Waals surface area contributed by atoms with Crippen molar-refractivity contribution >= 4 is 18.5 Å². The smallest absolute Gasteiger partial charge is 0.0161 e. The molecule has 0 nitrogen and oxygen atoms in total. The maximum absolute atomic E-state index is 2.28. The van der Waals surface area contributed by atoms with Crippen molar-refractivity contribution in [3.63, 3.8) is 0 Å². The summed E-state index contributed by atoms with van der Waals surface area (Å²) in [5.41, 5.74) is 4.19. The molecule has 0 unspecified atom stereocenters. The van der Waals surface area contributed by atoms with Gasteiger partial charge in [0.05, 0.1) is 0 Å². The van der Waals surface area contributed by atoms with Crippen LogP contribution in [0.3, 0.4) is 0 Å². The molecule has 0 spiro atoms. The Morgan fingerprint density at radius 2 is 1.10 bits per heavy atom. The van der Waals surface area contributed by atoms with Gasteiger partial charge in [-0.05, 0) is 69.2 Å². The van der Waals surface area contributed by atoms with Gasteiger partial charge in [-0.25, -0.2) is 0 Å². The summed E-state index contributed by atoms with van der Waals surface area (Å²) in [4.78, 5) is 0. The van der Waals surface area contributed by atoms with E-state index < -0.39 is 7.92 Å². The van der Waals surface area contributed by atoms with Gasteiger partial charge in [-0.1, -0.05) is 48.5 Å². The van der Waals surface area contributed by atoms with Gasteiger partial charge in [0.25, 0.3) is 0 Å². The van der Waals surface area contributed by atoms with Gasteiger partial charge in [-0.2, -0.15) is 0 Å². The van der Waals surface area contributed by atoms with Crippen molar-refractivity contribution in [2.75, 3.05) is 0 Å². The van der Waals surface area contributed by atoms with Crippen LogP contribution in [0.2, 0.25) is 0 Å². The van der Waals surface area contributed by atoms with Crippen molar-refractivity contribution in [3.05, 3.63) is 91.0 Å². The normalized spacial score (nSPS) is 15.9. The fourth-order valence-electron chi connectivity index (χ4n) is 2.55. The molecule has 1 saturated carbocycles. The van der Waals surface area contributed by atoms with Gasteiger partial charge in [0.1, 0.15) is 0 Å². The van der Waals surface area contributed by atoms with Crippen molar-refractivity contribution < 1.29 is 0 Å². The molecule has 1 heteroatoms. The predicted octanol–water partition coefficient (Wildman–Crippen LogP) is 4.10. The molecule has 0 atom stereocenters. The van der Waals surface area contributed by atoms with E-state index >= 15 is 0 Å². The summed E-state index contributed by atoms with van der Waals surface area (Å²) in [5, 5.41) is 2.92. The monoisotopic (exact) mass is 277 g/mol. The molecule has 1 aliphatic carbocycles. The molecular weight excluding hydrogens is 259 g/mol.